The molecular formula is C19H21N3O3S. The van der Waals surface area contributed by atoms with E-state index in [1.807, 2.05) is 28.9 Å². The SMILES string of the molecule is CCCc1cc(-c2ccc(OC)cc2)n(-c2ccc(S(N)(=O)=O)cc2)n1. The summed E-state index contributed by atoms with van der Waals surface area (Å²) < 4.78 is 30.0. The molecule has 0 spiro atoms. The highest BCUT2D eigenvalue weighted by molar-refractivity contribution is 7.89. The minimum atomic E-state index is -3.72. The third kappa shape index (κ3) is 3.79. The second-order valence-electron chi connectivity index (χ2n) is 5.95. The molecule has 136 valence electrons. The van der Waals surface area contributed by atoms with Gasteiger partial charge in [0.05, 0.1) is 29.1 Å². The molecule has 0 saturated carbocycles. The van der Waals surface area contributed by atoms with E-state index in [2.05, 4.69) is 18.1 Å². The molecule has 2 N–H and O–H groups in total. The molecule has 3 rings (SSSR count). The van der Waals surface area contributed by atoms with Gasteiger partial charge in [0.25, 0.3) is 0 Å². The van der Waals surface area contributed by atoms with E-state index in [4.69, 9.17) is 9.88 Å². The standard InChI is InChI=1S/C19H21N3O3S/c1-3-4-15-13-19(14-5-9-17(25-2)10-6-14)22(21-15)16-7-11-18(12-8-16)26(20,23)24/h5-13H,3-4H2,1-2H3,(H2,20,23,24). The van der Waals surface area contributed by atoms with Crippen LogP contribution in [0.1, 0.15) is 19.0 Å². The van der Waals surface area contributed by atoms with Crippen LogP contribution in [0.25, 0.3) is 16.9 Å². The number of ether oxygens (including phenoxy) is 1. The normalized spacial score (nSPS) is 11.5. The monoisotopic (exact) mass is 371 g/mol. The number of benzene rings is 2. The van der Waals surface area contributed by atoms with Gasteiger partial charge in [-0.3, -0.25) is 0 Å². The van der Waals surface area contributed by atoms with E-state index < -0.39 is 10.0 Å². The summed E-state index contributed by atoms with van der Waals surface area (Å²) in [5.74, 6) is 0.783. The Kier molecular flexibility index (Phi) is 5.11. The number of sulfonamides is 1. The number of aryl methyl sites for hydroxylation is 1. The Morgan fingerprint density at radius 2 is 1.73 bits per heavy atom. The molecule has 0 fully saturated rings. The Bertz CT molecular complexity index is 992. The van der Waals surface area contributed by atoms with Crippen LogP contribution in [0.15, 0.2) is 59.5 Å². The fourth-order valence-corrected chi connectivity index (χ4v) is 3.27. The average molecular weight is 371 g/mol. The lowest BCUT2D eigenvalue weighted by Gasteiger charge is -2.09. The molecular weight excluding hydrogens is 350 g/mol. The first kappa shape index (κ1) is 18.2. The molecule has 0 aliphatic rings. The van der Waals surface area contributed by atoms with Crippen LogP contribution >= 0.6 is 0 Å². The van der Waals surface area contributed by atoms with Gasteiger partial charge in [-0.2, -0.15) is 5.10 Å². The van der Waals surface area contributed by atoms with Crippen molar-refractivity contribution in [3.63, 3.8) is 0 Å². The summed E-state index contributed by atoms with van der Waals surface area (Å²) in [4.78, 5) is 0.0770. The number of hydrogen-bond acceptors (Lipinski definition) is 4. The van der Waals surface area contributed by atoms with Crippen molar-refractivity contribution in [1.82, 2.24) is 9.78 Å². The van der Waals surface area contributed by atoms with E-state index in [9.17, 15) is 8.42 Å². The first-order valence-electron chi connectivity index (χ1n) is 8.29. The van der Waals surface area contributed by atoms with Crippen molar-refractivity contribution >= 4 is 10.0 Å². The molecule has 7 heteroatoms. The summed E-state index contributed by atoms with van der Waals surface area (Å²) in [7, 11) is -2.09. The fourth-order valence-electron chi connectivity index (χ4n) is 2.75. The minimum absolute atomic E-state index is 0.0770. The molecule has 1 heterocycles. The Balaban J connectivity index is 2.07. The Morgan fingerprint density at radius 1 is 1.08 bits per heavy atom. The molecule has 0 atom stereocenters. The van der Waals surface area contributed by atoms with Crippen LogP contribution in [0.5, 0.6) is 5.75 Å². The number of methoxy groups -OCH3 is 1. The molecule has 0 radical (unpaired) electrons. The van der Waals surface area contributed by atoms with Gasteiger partial charge in [0.1, 0.15) is 5.75 Å². The molecule has 3 aromatic rings. The van der Waals surface area contributed by atoms with Crippen LogP contribution in [-0.4, -0.2) is 25.3 Å². The van der Waals surface area contributed by atoms with Gasteiger partial charge in [0, 0.05) is 5.56 Å². The number of rotatable bonds is 6. The van der Waals surface area contributed by atoms with Crippen molar-refractivity contribution in [2.75, 3.05) is 7.11 Å². The zero-order valence-corrected chi connectivity index (χ0v) is 15.5. The van der Waals surface area contributed by atoms with Gasteiger partial charge in [-0.1, -0.05) is 13.3 Å². The fraction of sp³-hybridized carbons (Fsp3) is 0.211. The maximum absolute atomic E-state index is 11.5. The molecule has 1 aromatic heterocycles. The maximum Gasteiger partial charge on any atom is 0.238 e. The van der Waals surface area contributed by atoms with Crippen LogP contribution in [0.4, 0.5) is 0 Å². The molecule has 0 unspecified atom stereocenters. The van der Waals surface area contributed by atoms with Crippen molar-refractivity contribution < 1.29 is 13.2 Å². The topological polar surface area (TPSA) is 87.2 Å². The van der Waals surface area contributed by atoms with E-state index in [-0.39, 0.29) is 4.90 Å². The second-order valence-corrected chi connectivity index (χ2v) is 7.51. The molecule has 2 aromatic carbocycles. The van der Waals surface area contributed by atoms with Crippen LogP contribution < -0.4 is 9.88 Å². The van der Waals surface area contributed by atoms with Crippen LogP contribution in [0.3, 0.4) is 0 Å². The third-order valence-corrected chi connectivity index (χ3v) is 4.99. The van der Waals surface area contributed by atoms with Crippen LogP contribution in [-0.2, 0) is 16.4 Å². The lowest BCUT2D eigenvalue weighted by Crippen LogP contribution is -2.12. The van der Waals surface area contributed by atoms with Crippen LogP contribution in [0, 0.1) is 0 Å². The van der Waals surface area contributed by atoms with E-state index in [1.54, 1.807) is 19.2 Å². The summed E-state index contributed by atoms with van der Waals surface area (Å²) in [5.41, 5.74) is 3.68. The van der Waals surface area contributed by atoms with Gasteiger partial charge in [0.15, 0.2) is 0 Å². The number of aromatic nitrogens is 2. The second kappa shape index (κ2) is 7.31. The van der Waals surface area contributed by atoms with Crippen LogP contribution in [0.2, 0.25) is 0 Å². The van der Waals surface area contributed by atoms with Crippen molar-refractivity contribution in [1.29, 1.82) is 0 Å². The molecule has 0 saturated heterocycles. The Hall–Kier alpha value is -2.64. The number of hydrogen-bond donors (Lipinski definition) is 1. The first-order valence-corrected chi connectivity index (χ1v) is 9.83. The molecule has 0 bridgehead atoms. The summed E-state index contributed by atoms with van der Waals surface area (Å²) in [6.45, 7) is 2.10. The maximum atomic E-state index is 11.5. The highest BCUT2D eigenvalue weighted by Crippen LogP contribution is 2.27. The number of nitrogens with two attached hydrogens (primary N) is 1. The van der Waals surface area contributed by atoms with Crippen molar-refractivity contribution in [3.8, 4) is 22.7 Å². The Labute approximate surface area is 153 Å². The van der Waals surface area contributed by atoms with E-state index in [1.165, 1.54) is 12.1 Å². The van der Waals surface area contributed by atoms with Gasteiger partial charge in [-0.05, 0) is 61.0 Å². The Morgan fingerprint density at radius 3 is 2.27 bits per heavy atom. The molecule has 0 amide bonds. The average Bonchev–Trinajstić information content (AvgIpc) is 3.05. The van der Waals surface area contributed by atoms with E-state index >= 15 is 0 Å². The zero-order chi connectivity index (χ0) is 18.7. The van der Waals surface area contributed by atoms with Gasteiger partial charge in [-0.15, -0.1) is 0 Å². The smallest absolute Gasteiger partial charge is 0.238 e. The van der Waals surface area contributed by atoms with Gasteiger partial charge < -0.3 is 4.74 Å². The quantitative estimate of drug-likeness (QED) is 0.721. The summed E-state index contributed by atoms with van der Waals surface area (Å²) in [5, 5.41) is 9.86. The summed E-state index contributed by atoms with van der Waals surface area (Å²) in [6, 6.07) is 16.2. The largest absolute Gasteiger partial charge is 0.497 e. The third-order valence-electron chi connectivity index (χ3n) is 4.06. The zero-order valence-electron chi connectivity index (χ0n) is 14.7. The lowest BCUT2D eigenvalue weighted by atomic mass is 10.1. The van der Waals surface area contributed by atoms with E-state index in [0.29, 0.717) is 0 Å². The highest BCUT2D eigenvalue weighted by atomic mass is 32.2. The van der Waals surface area contributed by atoms with Crippen molar-refractivity contribution in [3.05, 3.63) is 60.3 Å². The minimum Gasteiger partial charge on any atom is -0.497 e. The van der Waals surface area contributed by atoms with E-state index in [0.717, 1.165) is 41.2 Å². The number of nitrogens with zero attached hydrogens (tertiary/aromatic N) is 2. The van der Waals surface area contributed by atoms with Gasteiger partial charge in [0.2, 0.25) is 10.0 Å². The molecule has 6 nitrogen and oxygen atoms in total. The predicted molar refractivity (Wildman–Crippen MR) is 101 cm³/mol. The van der Waals surface area contributed by atoms with Gasteiger partial charge in [-0.25, -0.2) is 18.2 Å². The summed E-state index contributed by atoms with van der Waals surface area (Å²) in [6.07, 6.45) is 1.86. The summed E-state index contributed by atoms with van der Waals surface area (Å²) >= 11 is 0. The van der Waals surface area contributed by atoms with Crippen molar-refractivity contribution in [2.45, 2.75) is 24.7 Å². The number of primary sulfonamides is 1. The molecule has 26 heavy (non-hydrogen) atoms. The first-order chi connectivity index (χ1) is 12.4. The molecule has 0 aliphatic carbocycles. The lowest BCUT2D eigenvalue weighted by molar-refractivity contribution is 0.415. The van der Waals surface area contributed by atoms with Crippen molar-refractivity contribution in [2.24, 2.45) is 5.14 Å². The predicted octanol–water partition coefficient (Wildman–Crippen LogP) is 3.15. The highest BCUT2D eigenvalue weighted by Gasteiger charge is 2.13. The molecule has 0 aliphatic heterocycles. The van der Waals surface area contributed by atoms with Gasteiger partial charge >= 0.3 is 0 Å².